The SMILES string of the molecule is CCCCCC/C=C\CCCCCCOC(=O)CC. The van der Waals surface area contributed by atoms with Gasteiger partial charge in [0.05, 0.1) is 6.61 Å². The van der Waals surface area contributed by atoms with Crippen molar-refractivity contribution in [2.75, 3.05) is 6.61 Å². The Kier molecular flexibility index (Phi) is 14.6. The molecule has 0 heterocycles. The van der Waals surface area contributed by atoms with E-state index in [0.717, 1.165) is 6.42 Å². The van der Waals surface area contributed by atoms with Crippen molar-refractivity contribution in [3.63, 3.8) is 0 Å². The Morgan fingerprint density at radius 3 is 2.00 bits per heavy atom. The summed E-state index contributed by atoms with van der Waals surface area (Å²) in [5.41, 5.74) is 0. The number of ether oxygens (including phenoxy) is 1. The third-order valence-corrected chi connectivity index (χ3v) is 3.21. The summed E-state index contributed by atoms with van der Waals surface area (Å²) in [6.07, 6.45) is 17.7. The molecule has 0 aliphatic heterocycles. The first-order valence-electron chi connectivity index (χ1n) is 8.11. The van der Waals surface area contributed by atoms with E-state index in [1.54, 1.807) is 0 Å². The predicted octanol–water partition coefficient (Wildman–Crippen LogP) is 5.42. The summed E-state index contributed by atoms with van der Waals surface area (Å²) < 4.78 is 5.03. The van der Waals surface area contributed by atoms with E-state index in [4.69, 9.17) is 4.74 Å². The molecule has 0 saturated carbocycles. The largest absolute Gasteiger partial charge is 0.466 e. The second kappa shape index (κ2) is 15.3. The van der Waals surface area contributed by atoms with Crippen LogP contribution in [0.2, 0.25) is 0 Å². The van der Waals surface area contributed by atoms with Gasteiger partial charge in [0, 0.05) is 6.42 Å². The highest BCUT2D eigenvalue weighted by Gasteiger charge is 1.96. The number of carbonyl (C=O) groups excluding carboxylic acids is 1. The van der Waals surface area contributed by atoms with Gasteiger partial charge in [0.25, 0.3) is 0 Å². The molecule has 0 N–H and O–H groups in total. The van der Waals surface area contributed by atoms with Gasteiger partial charge in [-0.1, -0.05) is 58.1 Å². The number of hydrogen-bond donors (Lipinski definition) is 0. The Morgan fingerprint density at radius 2 is 1.42 bits per heavy atom. The maximum atomic E-state index is 10.9. The highest BCUT2D eigenvalue weighted by atomic mass is 16.5. The van der Waals surface area contributed by atoms with Gasteiger partial charge in [-0.2, -0.15) is 0 Å². The summed E-state index contributed by atoms with van der Waals surface area (Å²) in [7, 11) is 0. The minimum atomic E-state index is -0.0778. The molecule has 2 heteroatoms. The fourth-order valence-corrected chi connectivity index (χ4v) is 1.93. The van der Waals surface area contributed by atoms with Crippen molar-refractivity contribution in [1.82, 2.24) is 0 Å². The Hall–Kier alpha value is -0.790. The van der Waals surface area contributed by atoms with Gasteiger partial charge in [-0.25, -0.2) is 0 Å². The number of hydrogen-bond acceptors (Lipinski definition) is 2. The second-order valence-electron chi connectivity index (χ2n) is 5.10. The summed E-state index contributed by atoms with van der Waals surface area (Å²) in [4.78, 5) is 10.9. The van der Waals surface area contributed by atoms with Gasteiger partial charge in [0.2, 0.25) is 0 Å². The lowest BCUT2D eigenvalue weighted by atomic mass is 10.1. The van der Waals surface area contributed by atoms with Crippen LogP contribution in [0.5, 0.6) is 0 Å². The van der Waals surface area contributed by atoms with Crippen molar-refractivity contribution in [1.29, 1.82) is 0 Å². The van der Waals surface area contributed by atoms with Gasteiger partial charge < -0.3 is 4.74 Å². The molecule has 0 rings (SSSR count). The summed E-state index contributed by atoms with van der Waals surface area (Å²) in [5, 5.41) is 0. The Balaban J connectivity index is 3.09. The molecule has 112 valence electrons. The number of rotatable bonds is 13. The van der Waals surface area contributed by atoms with Gasteiger partial charge in [0.15, 0.2) is 0 Å². The van der Waals surface area contributed by atoms with Crippen LogP contribution in [0.25, 0.3) is 0 Å². The Bertz CT molecular complexity index is 221. The molecule has 0 radical (unpaired) electrons. The predicted molar refractivity (Wildman–Crippen MR) is 82.2 cm³/mol. The van der Waals surface area contributed by atoms with Crippen LogP contribution in [0, 0.1) is 0 Å². The maximum Gasteiger partial charge on any atom is 0.305 e. The van der Waals surface area contributed by atoms with Crippen molar-refractivity contribution in [2.45, 2.75) is 84.5 Å². The van der Waals surface area contributed by atoms with Gasteiger partial charge >= 0.3 is 5.97 Å². The molecule has 0 aromatic rings. The first-order valence-corrected chi connectivity index (χ1v) is 8.11. The zero-order chi connectivity index (χ0) is 14.2. The number of esters is 1. The van der Waals surface area contributed by atoms with Gasteiger partial charge in [-0.15, -0.1) is 0 Å². The number of allylic oxidation sites excluding steroid dienone is 2. The lowest BCUT2D eigenvalue weighted by Crippen LogP contribution is -2.03. The topological polar surface area (TPSA) is 26.3 Å². The maximum absolute atomic E-state index is 10.9. The normalized spacial score (nSPS) is 11.1. The fraction of sp³-hybridized carbons (Fsp3) is 0.824. The van der Waals surface area contributed by atoms with Crippen molar-refractivity contribution in [3.8, 4) is 0 Å². The van der Waals surface area contributed by atoms with Gasteiger partial charge in [-0.3, -0.25) is 4.79 Å². The molecule has 0 spiro atoms. The lowest BCUT2D eigenvalue weighted by molar-refractivity contribution is -0.143. The molecule has 0 aromatic carbocycles. The summed E-state index contributed by atoms with van der Waals surface area (Å²) in [6.45, 7) is 4.68. The van der Waals surface area contributed by atoms with Crippen LogP contribution in [-0.2, 0) is 9.53 Å². The molecule has 19 heavy (non-hydrogen) atoms. The molecular weight excluding hydrogens is 236 g/mol. The second-order valence-corrected chi connectivity index (χ2v) is 5.10. The quantitative estimate of drug-likeness (QED) is 0.253. The van der Waals surface area contributed by atoms with Gasteiger partial charge in [0.1, 0.15) is 0 Å². The van der Waals surface area contributed by atoms with Crippen LogP contribution in [0.1, 0.15) is 84.5 Å². The Morgan fingerprint density at radius 1 is 0.842 bits per heavy atom. The molecule has 0 aliphatic rings. The van der Waals surface area contributed by atoms with E-state index in [1.165, 1.54) is 57.8 Å². The van der Waals surface area contributed by atoms with E-state index in [-0.39, 0.29) is 5.97 Å². The average molecular weight is 268 g/mol. The van der Waals surface area contributed by atoms with Crippen molar-refractivity contribution >= 4 is 5.97 Å². The summed E-state index contributed by atoms with van der Waals surface area (Å²) >= 11 is 0. The van der Waals surface area contributed by atoms with E-state index < -0.39 is 0 Å². The van der Waals surface area contributed by atoms with Gasteiger partial charge in [-0.05, 0) is 32.1 Å². The highest BCUT2D eigenvalue weighted by molar-refractivity contribution is 5.68. The molecule has 0 saturated heterocycles. The van der Waals surface area contributed by atoms with E-state index in [0.29, 0.717) is 13.0 Å². The summed E-state index contributed by atoms with van der Waals surface area (Å²) in [6, 6.07) is 0. The first-order chi connectivity index (χ1) is 9.31. The third-order valence-electron chi connectivity index (χ3n) is 3.21. The molecule has 0 atom stereocenters. The molecule has 0 fully saturated rings. The number of carbonyl (C=O) groups is 1. The van der Waals surface area contributed by atoms with Crippen molar-refractivity contribution in [2.24, 2.45) is 0 Å². The van der Waals surface area contributed by atoms with Crippen molar-refractivity contribution < 1.29 is 9.53 Å². The standard InChI is InChI=1S/C17H32O2/c1-3-5-6-7-8-9-10-11-12-13-14-15-16-19-17(18)4-2/h9-10H,3-8,11-16H2,1-2H3/b10-9-. The van der Waals surface area contributed by atoms with E-state index in [9.17, 15) is 4.79 Å². The summed E-state index contributed by atoms with van der Waals surface area (Å²) in [5.74, 6) is -0.0778. The van der Waals surface area contributed by atoms with Crippen LogP contribution in [-0.4, -0.2) is 12.6 Å². The van der Waals surface area contributed by atoms with Crippen LogP contribution in [0.4, 0.5) is 0 Å². The van der Waals surface area contributed by atoms with Crippen LogP contribution < -0.4 is 0 Å². The molecule has 0 bridgehead atoms. The van der Waals surface area contributed by atoms with E-state index in [1.807, 2.05) is 6.92 Å². The van der Waals surface area contributed by atoms with E-state index >= 15 is 0 Å². The number of unbranched alkanes of at least 4 members (excludes halogenated alkanes) is 8. The molecule has 0 aliphatic carbocycles. The van der Waals surface area contributed by atoms with Crippen LogP contribution in [0.15, 0.2) is 12.2 Å². The van der Waals surface area contributed by atoms with Crippen LogP contribution >= 0.6 is 0 Å². The fourth-order valence-electron chi connectivity index (χ4n) is 1.93. The van der Waals surface area contributed by atoms with Crippen molar-refractivity contribution in [3.05, 3.63) is 12.2 Å². The third kappa shape index (κ3) is 15.2. The minimum absolute atomic E-state index is 0.0778. The van der Waals surface area contributed by atoms with E-state index in [2.05, 4.69) is 19.1 Å². The zero-order valence-corrected chi connectivity index (χ0v) is 13.0. The minimum Gasteiger partial charge on any atom is -0.466 e. The monoisotopic (exact) mass is 268 g/mol. The first kappa shape index (κ1) is 18.2. The molecule has 0 unspecified atom stereocenters. The molecule has 2 nitrogen and oxygen atoms in total. The smallest absolute Gasteiger partial charge is 0.305 e. The average Bonchev–Trinajstić information content (AvgIpc) is 2.43. The molecular formula is C17H32O2. The molecule has 0 aromatic heterocycles. The Labute approximate surface area is 119 Å². The highest BCUT2D eigenvalue weighted by Crippen LogP contribution is 2.06. The lowest BCUT2D eigenvalue weighted by Gasteiger charge is -2.02. The molecule has 0 amide bonds. The van der Waals surface area contributed by atoms with Crippen LogP contribution in [0.3, 0.4) is 0 Å². The zero-order valence-electron chi connectivity index (χ0n) is 13.0.